The van der Waals surface area contributed by atoms with Crippen LogP contribution in [0.15, 0.2) is 180 Å². The molecule has 56 heavy (non-hydrogen) atoms. The minimum Gasteiger partial charge on any atom is -0.489 e. The molecule has 0 saturated heterocycles. The van der Waals surface area contributed by atoms with Crippen molar-refractivity contribution in [1.82, 2.24) is 0 Å². The Hall–Kier alpha value is -6.56. The molecule has 0 spiro atoms. The zero-order chi connectivity index (χ0) is 37.3. The standard InChI is InChI=1S/C51H38N3OS/c1-3-40-32(2)55-49-41(21-13-22-43(40)49)34-26-27-45-35(28-34)24-25-36-30-48-44(42-20-10-11-23-47(42)56-48)31-46(36)53(45)39-19-12-16-37(29-39)51-52-50(33-14-6-4-7-15-33)54(51)38-17-8-5-9-18-38/h3,5-6,8-31,43,49H,1,4,7H2,2H3/q+1. The largest absolute Gasteiger partial charge is 0.489 e. The van der Waals surface area contributed by atoms with Crippen molar-refractivity contribution in [1.29, 1.82) is 0 Å². The van der Waals surface area contributed by atoms with Crippen LogP contribution >= 0.6 is 11.3 Å². The highest BCUT2D eigenvalue weighted by Crippen LogP contribution is 2.48. The van der Waals surface area contributed by atoms with Crippen molar-refractivity contribution in [3.8, 4) is 0 Å². The van der Waals surface area contributed by atoms with Crippen LogP contribution in [0.3, 0.4) is 0 Å². The Morgan fingerprint density at radius 2 is 1.66 bits per heavy atom. The number of aliphatic imine (C=N–C) groups is 1. The second-order valence-electron chi connectivity index (χ2n) is 14.9. The normalized spacial score (nSPS) is 19.5. The van der Waals surface area contributed by atoms with E-state index in [1.165, 1.54) is 42.5 Å². The van der Waals surface area contributed by atoms with Crippen molar-refractivity contribution >= 4 is 83.7 Å². The minimum absolute atomic E-state index is 0.0665. The topological polar surface area (TPSA) is 27.8 Å². The first-order valence-corrected chi connectivity index (χ1v) is 20.2. The van der Waals surface area contributed by atoms with Crippen molar-refractivity contribution in [3.05, 3.63) is 197 Å². The lowest BCUT2D eigenvalue weighted by atomic mass is 9.83. The van der Waals surface area contributed by atoms with Crippen LogP contribution < -0.4 is 4.90 Å². The number of hydrogen-bond donors (Lipinski definition) is 0. The zero-order valence-electron chi connectivity index (χ0n) is 31.0. The van der Waals surface area contributed by atoms with Gasteiger partial charge in [0.1, 0.15) is 11.8 Å². The number of para-hydroxylation sites is 1. The second kappa shape index (κ2) is 13.0. The van der Waals surface area contributed by atoms with Crippen molar-refractivity contribution < 1.29 is 9.31 Å². The summed E-state index contributed by atoms with van der Waals surface area (Å²) in [6.45, 7) is 6.14. The van der Waals surface area contributed by atoms with E-state index in [0.717, 1.165) is 69.7 Å². The monoisotopic (exact) mass is 740 g/mol. The van der Waals surface area contributed by atoms with Crippen LogP contribution in [0.25, 0.3) is 37.9 Å². The lowest BCUT2D eigenvalue weighted by Gasteiger charge is -2.29. The van der Waals surface area contributed by atoms with Gasteiger partial charge >= 0.3 is 0 Å². The van der Waals surface area contributed by atoms with Crippen LogP contribution in [0.4, 0.5) is 22.7 Å². The van der Waals surface area contributed by atoms with E-state index in [0.29, 0.717) is 0 Å². The number of hydrogen-bond acceptors (Lipinski definition) is 4. The smallest absolute Gasteiger partial charge is 0.279 e. The summed E-state index contributed by atoms with van der Waals surface area (Å²) in [6.07, 6.45) is 21.9. The highest BCUT2D eigenvalue weighted by molar-refractivity contribution is 7.25. The van der Waals surface area contributed by atoms with Gasteiger partial charge in [-0.2, -0.15) is 4.58 Å². The number of rotatable bonds is 6. The molecular weight excluding hydrogens is 703 g/mol. The van der Waals surface area contributed by atoms with Crippen molar-refractivity contribution in [2.24, 2.45) is 10.9 Å². The molecule has 0 saturated carbocycles. The molecule has 0 fully saturated rings. The number of ether oxygens (including phenoxy) is 1. The maximum absolute atomic E-state index is 6.49. The summed E-state index contributed by atoms with van der Waals surface area (Å²) in [6, 6.07) is 39.9. The van der Waals surface area contributed by atoms with Crippen LogP contribution in [0.1, 0.15) is 42.0 Å². The molecule has 268 valence electrons. The van der Waals surface area contributed by atoms with Crippen LogP contribution in [0.2, 0.25) is 0 Å². The van der Waals surface area contributed by atoms with Crippen LogP contribution in [0.5, 0.6) is 0 Å². The summed E-state index contributed by atoms with van der Waals surface area (Å²) in [5.74, 6) is 3.06. The summed E-state index contributed by atoms with van der Waals surface area (Å²) >= 11 is 1.86. The van der Waals surface area contributed by atoms with Crippen LogP contribution in [-0.4, -0.2) is 22.4 Å². The quantitative estimate of drug-likeness (QED) is 0.159. The Morgan fingerprint density at radius 3 is 2.52 bits per heavy atom. The second-order valence-corrected chi connectivity index (χ2v) is 15.9. The molecule has 0 bridgehead atoms. The molecule has 4 heterocycles. The third-order valence-electron chi connectivity index (χ3n) is 11.6. The maximum atomic E-state index is 6.49. The van der Waals surface area contributed by atoms with E-state index in [2.05, 4.69) is 181 Å². The fourth-order valence-electron chi connectivity index (χ4n) is 8.89. The van der Waals surface area contributed by atoms with Crippen LogP contribution in [-0.2, 0) is 4.74 Å². The fraction of sp³-hybridized carbons (Fsp3) is 0.0980. The van der Waals surface area contributed by atoms with Gasteiger partial charge in [-0.3, -0.25) is 0 Å². The Kier molecular flexibility index (Phi) is 7.64. The summed E-state index contributed by atoms with van der Waals surface area (Å²) in [4.78, 5) is 7.66. The number of thiophene rings is 1. The number of anilines is 3. The molecule has 2 aliphatic carbocycles. The predicted octanol–water partition coefficient (Wildman–Crippen LogP) is 13.2. The van der Waals surface area contributed by atoms with Crippen molar-refractivity contribution in [3.63, 3.8) is 0 Å². The highest BCUT2D eigenvalue weighted by Gasteiger charge is 2.37. The summed E-state index contributed by atoms with van der Waals surface area (Å²) in [7, 11) is 0. The third-order valence-corrected chi connectivity index (χ3v) is 12.7. The zero-order valence-corrected chi connectivity index (χ0v) is 31.8. The lowest BCUT2D eigenvalue weighted by molar-refractivity contribution is -0.319. The molecule has 5 aromatic carbocycles. The molecule has 2 atom stereocenters. The fourth-order valence-corrected chi connectivity index (χ4v) is 10.0. The highest BCUT2D eigenvalue weighted by atomic mass is 32.1. The summed E-state index contributed by atoms with van der Waals surface area (Å²) in [5.41, 5.74) is 12.5. The average Bonchev–Trinajstić information content (AvgIpc) is 3.71. The number of fused-ring (bicyclic) bond motifs is 6. The third kappa shape index (κ3) is 5.19. The van der Waals surface area contributed by atoms with Gasteiger partial charge in [0.05, 0.1) is 22.7 Å². The lowest BCUT2D eigenvalue weighted by Crippen LogP contribution is -2.35. The number of benzene rings is 5. The number of nitrogens with zero attached hydrogens (tertiary/aromatic N) is 3. The minimum atomic E-state index is -0.0665. The molecule has 1 aromatic heterocycles. The summed E-state index contributed by atoms with van der Waals surface area (Å²) < 4.78 is 11.4. The van der Waals surface area contributed by atoms with Gasteiger partial charge in [-0.1, -0.05) is 115 Å². The Balaban J connectivity index is 1.06. The van der Waals surface area contributed by atoms with Gasteiger partial charge < -0.3 is 9.64 Å². The first-order valence-electron chi connectivity index (χ1n) is 19.4. The van der Waals surface area contributed by atoms with Gasteiger partial charge in [0.25, 0.3) is 11.7 Å². The molecule has 3 aliphatic heterocycles. The van der Waals surface area contributed by atoms with E-state index in [1.54, 1.807) is 0 Å². The predicted molar refractivity (Wildman–Crippen MR) is 236 cm³/mol. The number of amidine groups is 2. The molecule has 0 amide bonds. The molecule has 5 heteroatoms. The van der Waals surface area contributed by atoms with Gasteiger partial charge in [-0.25, -0.2) is 0 Å². The first kappa shape index (κ1) is 32.8. The summed E-state index contributed by atoms with van der Waals surface area (Å²) in [5, 5.41) is 2.56. The van der Waals surface area contributed by atoms with Gasteiger partial charge in [0, 0.05) is 42.9 Å². The molecule has 4 nitrogen and oxygen atoms in total. The maximum Gasteiger partial charge on any atom is 0.279 e. The molecule has 6 aromatic rings. The number of allylic oxidation sites excluding steroid dienone is 6. The first-order chi connectivity index (χ1) is 27.6. The van der Waals surface area contributed by atoms with Crippen molar-refractivity contribution in [2.75, 3.05) is 4.90 Å². The van der Waals surface area contributed by atoms with Crippen molar-refractivity contribution in [2.45, 2.75) is 25.9 Å². The Labute approximate surface area is 330 Å². The van der Waals surface area contributed by atoms with E-state index in [1.807, 2.05) is 17.4 Å². The van der Waals surface area contributed by atoms with E-state index >= 15 is 0 Å². The SMILES string of the molecule is C=CC1=C(C)OC2C(c3ccc4c(c3)C=Cc3cc5sc6ccccc6c5cc3N4c3cccc(C4=NC(C5=CCCC=C5)=[N+]4c4ccccc4)c3)=CC=CC12. The molecule has 0 N–H and O–H groups in total. The van der Waals surface area contributed by atoms with Crippen LogP contribution in [0, 0.1) is 5.92 Å². The van der Waals surface area contributed by atoms with E-state index in [4.69, 9.17) is 9.73 Å². The molecular formula is C51H38N3OS+. The Bertz CT molecular complexity index is 2930. The molecule has 5 aliphatic rings. The van der Waals surface area contributed by atoms with E-state index in [9.17, 15) is 0 Å². The molecule has 11 rings (SSSR count). The van der Waals surface area contributed by atoms with Gasteiger partial charge in [0.2, 0.25) is 0 Å². The van der Waals surface area contributed by atoms with Gasteiger partial charge in [-0.15, -0.1) is 11.3 Å². The van der Waals surface area contributed by atoms with E-state index in [-0.39, 0.29) is 12.0 Å². The van der Waals surface area contributed by atoms with E-state index < -0.39 is 0 Å². The molecule has 0 radical (unpaired) electrons. The Morgan fingerprint density at radius 1 is 0.804 bits per heavy atom. The average molecular weight is 741 g/mol. The van der Waals surface area contributed by atoms with Gasteiger partial charge in [0.15, 0.2) is 0 Å². The van der Waals surface area contributed by atoms with Gasteiger partial charge in [-0.05, 0) is 103 Å². The molecule has 2 unspecified atom stereocenters.